The minimum absolute atomic E-state index is 0.201. The summed E-state index contributed by atoms with van der Waals surface area (Å²) >= 11 is 0. The van der Waals surface area contributed by atoms with E-state index in [0.717, 1.165) is 6.54 Å². The monoisotopic (exact) mass is 297 g/mol. The van der Waals surface area contributed by atoms with Crippen molar-refractivity contribution in [2.75, 3.05) is 26.8 Å². The maximum atomic E-state index is 14.4. The SMILES string of the molecule is COc1cccc(C(NN)C2CN(C(C)C)CCO2)c1F. The smallest absolute Gasteiger partial charge is 0.169 e. The van der Waals surface area contributed by atoms with Gasteiger partial charge in [0, 0.05) is 24.7 Å². The Morgan fingerprint density at radius 3 is 2.86 bits per heavy atom. The van der Waals surface area contributed by atoms with Crippen molar-refractivity contribution < 1.29 is 13.9 Å². The zero-order valence-electron chi connectivity index (χ0n) is 12.8. The molecule has 21 heavy (non-hydrogen) atoms. The van der Waals surface area contributed by atoms with Crippen LogP contribution in [-0.4, -0.2) is 43.9 Å². The van der Waals surface area contributed by atoms with Crippen molar-refractivity contribution >= 4 is 0 Å². The fourth-order valence-electron chi connectivity index (χ4n) is 2.69. The lowest BCUT2D eigenvalue weighted by Gasteiger charge is -2.38. The Morgan fingerprint density at radius 2 is 2.24 bits per heavy atom. The van der Waals surface area contributed by atoms with Gasteiger partial charge in [0.2, 0.25) is 0 Å². The number of benzene rings is 1. The number of methoxy groups -OCH3 is 1. The number of hydrogen-bond donors (Lipinski definition) is 2. The largest absolute Gasteiger partial charge is 0.494 e. The third kappa shape index (κ3) is 3.52. The Kier molecular flexibility index (Phi) is 5.52. The molecule has 0 saturated carbocycles. The first-order valence-electron chi connectivity index (χ1n) is 7.22. The lowest BCUT2D eigenvalue weighted by atomic mass is 9.99. The van der Waals surface area contributed by atoms with Crippen LogP contribution in [0.4, 0.5) is 4.39 Å². The quantitative estimate of drug-likeness (QED) is 0.636. The molecule has 0 bridgehead atoms. The molecule has 1 fully saturated rings. The van der Waals surface area contributed by atoms with Gasteiger partial charge >= 0.3 is 0 Å². The highest BCUT2D eigenvalue weighted by Crippen LogP contribution is 2.29. The van der Waals surface area contributed by atoms with E-state index in [1.165, 1.54) is 7.11 Å². The number of ether oxygens (including phenoxy) is 2. The Balaban J connectivity index is 2.23. The Bertz CT molecular complexity index is 470. The van der Waals surface area contributed by atoms with E-state index in [0.29, 0.717) is 24.8 Å². The van der Waals surface area contributed by atoms with Gasteiger partial charge in [0.05, 0.1) is 25.9 Å². The molecule has 0 aliphatic carbocycles. The Hall–Kier alpha value is -1.21. The van der Waals surface area contributed by atoms with Crippen LogP contribution in [0.3, 0.4) is 0 Å². The lowest BCUT2D eigenvalue weighted by molar-refractivity contribution is -0.0566. The zero-order chi connectivity index (χ0) is 15.4. The fraction of sp³-hybridized carbons (Fsp3) is 0.600. The molecule has 118 valence electrons. The molecule has 1 heterocycles. The van der Waals surface area contributed by atoms with Crippen molar-refractivity contribution in [1.82, 2.24) is 10.3 Å². The Labute approximate surface area is 125 Å². The second-order valence-electron chi connectivity index (χ2n) is 5.51. The third-order valence-corrected chi connectivity index (χ3v) is 3.95. The highest BCUT2D eigenvalue weighted by atomic mass is 19.1. The number of hydrogen-bond acceptors (Lipinski definition) is 5. The van der Waals surface area contributed by atoms with Gasteiger partial charge in [-0.15, -0.1) is 0 Å². The van der Waals surface area contributed by atoms with Crippen LogP contribution in [0.1, 0.15) is 25.5 Å². The normalized spacial score (nSPS) is 21.5. The van der Waals surface area contributed by atoms with Crippen LogP contribution in [0.2, 0.25) is 0 Å². The van der Waals surface area contributed by atoms with Gasteiger partial charge in [-0.1, -0.05) is 12.1 Å². The summed E-state index contributed by atoms with van der Waals surface area (Å²) in [6.07, 6.45) is -0.201. The van der Waals surface area contributed by atoms with Crippen molar-refractivity contribution in [3.05, 3.63) is 29.6 Å². The predicted octanol–water partition coefficient (Wildman–Crippen LogP) is 1.45. The summed E-state index contributed by atoms with van der Waals surface area (Å²) in [5.74, 6) is 5.48. The number of nitrogens with one attached hydrogen (secondary N) is 1. The molecule has 1 aromatic carbocycles. The van der Waals surface area contributed by atoms with Crippen LogP contribution in [0.15, 0.2) is 18.2 Å². The van der Waals surface area contributed by atoms with Crippen molar-refractivity contribution in [3.63, 3.8) is 0 Å². The van der Waals surface area contributed by atoms with Crippen LogP contribution in [-0.2, 0) is 4.74 Å². The molecule has 0 aromatic heterocycles. The molecule has 0 radical (unpaired) electrons. The average molecular weight is 297 g/mol. The zero-order valence-corrected chi connectivity index (χ0v) is 12.8. The minimum Gasteiger partial charge on any atom is -0.494 e. The molecule has 1 aromatic rings. The summed E-state index contributed by atoms with van der Waals surface area (Å²) in [5, 5.41) is 0. The molecule has 1 aliphatic heterocycles. The van der Waals surface area contributed by atoms with E-state index in [-0.39, 0.29) is 11.9 Å². The molecule has 5 nitrogen and oxygen atoms in total. The van der Waals surface area contributed by atoms with Crippen molar-refractivity contribution in [2.24, 2.45) is 5.84 Å². The molecule has 0 spiro atoms. The second kappa shape index (κ2) is 7.17. The number of halogens is 1. The van der Waals surface area contributed by atoms with Crippen molar-refractivity contribution in [2.45, 2.75) is 32.0 Å². The highest BCUT2D eigenvalue weighted by Gasteiger charge is 2.31. The average Bonchev–Trinajstić information content (AvgIpc) is 2.50. The lowest BCUT2D eigenvalue weighted by Crippen LogP contribution is -2.51. The van der Waals surface area contributed by atoms with Crippen LogP contribution < -0.4 is 16.0 Å². The summed E-state index contributed by atoms with van der Waals surface area (Å²) in [7, 11) is 1.45. The molecule has 1 saturated heterocycles. The van der Waals surface area contributed by atoms with E-state index >= 15 is 0 Å². The second-order valence-corrected chi connectivity index (χ2v) is 5.51. The standard InChI is InChI=1S/C15H24FN3O2/c1-10(2)19-7-8-21-13(9-19)15(18-17)11-5-4-6-12(20-3)14(11)16/h4-6,10,13,15,18H,7-9,17H2,1-3H3. The van der Waals surface area contributed by atoms with Crippen LogP contribution >= 0.6 is 0 Å². The van der Waals surface area contributed by atoms with Gasteiger partial charge in [-0.3, -0.25) is 16.2 Å². The van der Waals surface area contributed by atoms with E-state index in [1.54, 1.807) is 18.2 Å². The van der Waals surface area contributed by atoms with Gasteiger partial charge < -0.3 is 9.47 Å². The van der Waals surface area contributed by atoms with Gasteiger partial charge in [-0.25, -0.2) is 4.39 Å². The number of nitrogens with zero attached hydrogens (tertiary/aromatic N) is 1. The molecule has 1 aliphatic rings. The fourth-order valence-corrected chi connectivity index (χ4v) is 2.69. The van der Waals surface area contributed by atoms with E-state index in [9.17, 15) is 4.39 Å². The van der Waals surface area contributed by atoms with Gasteiger partial charge in [-0.2, -0.15) is 0 Å². The number of nitrogens with two attached hydrogens (primary N) is 1. The molecule has 2 rings (SSSR count). The summed E-state index contributed by atoms with van der Waals surface area (Å²) in [4.78, 5) is 2.30. The molecule has 2 unspecified atom stereocenters. The van der Waals surface area contributed by atoms with E-state index in [4.69, 9.17) is 15.3 Å². The van der Waals surface area contributed by atoms with Crippen LogP contribution in [0.25, 0.3) is 0 Å². The summed E-state index contributed by atoms with van der Waals surface area (Å²) in [5.41, 5.74) is 3.16. The molecule has 6 heteroatoms. The van der Waals surface area contributed by atoms with E-state index in [1.807, 2.05) is 0 Å². The minimum atomic E-state index is -0.415. The first-order valence-corrected chi connectivity index (χ1v) is 7.22. The van der Waals surface area contributed by atoms with Crippen molar-refractivity contribution in [1.29, 1.82) is 0 Å². The first-order chi connectivity index (χ1) is 10.1. The predicted molar refractivity (Wildman–Crippen MR) is 79.5 cm³/mol. The van der Waals surface area contributed by atoms with Gasteiger partial charge in [0.1, 0.15) is 0 Å². The van der Waals surface area contributed by atoms with Gasteiger partial charge in [0.15, 0.2) is 11.6 Å². The summed E-state index contributed by atoms with van der Waals surface area (Å²) < 4.78 is 25.3. The number of rotatable bonds is 5. The number of hydrazine groups is 1. The highest BCUT2D eigenvalue weighted by molar-refractivity contribution is 5.33. The van der Waals surface area contributed by atoms with Crippen molar-refractivity contribution in [3.8, 4) is 5.75 Å². The van der Waals surface area contributed by atoms with Crippen LogP contribution in [0, 0.1) is 5.82 Å². The molecular weight excluding hydrogens is 273 g/mol. The topological polar surface area (TPSA) is 59.8 Å². The molecular formula is C15H24FN3O2. The van der Waals surface area contributed by atoms with Gasteiger partial charge in [-0.05, 0) is 19.9 Å². The molecule has 3 N–H and O–H groups in total. The molecule has 2 atom stereocenters. The Morgan fingerprint density at radius 1 is 1.48 bits per heavy atom. The number of morpholine rings is 1. The first kappa shape index (κ1) is 16.2. The van der Waals surface area contributed by atoms with E-state index < -0.39 is 11.9 Å². The maximum absolute atomic E-state index is 14.4. The maximum Gasteiger partial charge on any atom is 0.169 e. The molecule has 0 amide bonds. The summed E-state index contributed by atoms with van der Waals surface area (Å²) in [6.45, 7) is 6.49. The summed E-state index contributed by atoms with van der Waals surface area (Å²) in [6, 6.07) is 5.06. The van der Waals surface area contributed by atoms with Crippen LogP contribution in [0.5, 0.6) is 5.75 Å². The van der Waals surface area contributed by atoms with Gasteiger partial charge in [0.25, 0.3) is 0 Å². The van der Waals surface area contributed by atoms with E-state index in [2.05, 4.69) is 24.2 Å². The third-order valence-electron chi connectivity index (χ3n) is 3.95.